The standard InChI is InChI=1S/C15H19BrN4O4S2/c1-3-20(4-2)26(23,24)14-9-10-15(17-11-14)18-19-25(21,22)13-7-5-12(16)6-8-13/h5-11,19H,3-4H2,1-2H3,(H,17,18). The average Bonchev–Trinajstić information content (AvgIpc) is 2.61. The molecule has 142 valence electrons. The number of hydrazine groups is 1. The predicted octanol–water partition coefficient (Wildman–Crippen LogP) is 2.18. The Labute approximate surface area is 161 Å². The van der Waals surface area contributed by atoms with Crippen LogP contribution in [0.15, 0.2) is 56.9 Å². The molecule has 1 aromatic carbocycles. The van der Waals surface area contributed by atoms with Gasteiger partial charge in [0.1, 0.15) is 10.7 Å². The van der Waals surface area contributed by atoms with Crippen molar-refractivity contribution >= 4 is 41.8 Å². The van der Waals surface area contributed by atoms with E-state index >= 15 is 0 Å². The summed E-state index contributed by atoms with van der Waals surface area (Å²) < 4.78 is 51.2. The fourth-order valence-corrected chi connectivity index (χ4v) is 4.63. The summed E-state index contributed by atoms with van der Waals surface area (Å²) in [6.07, 6.45) is 1.18. The summed E-state index contributed by atoms with van der Waals surface area (Å²) in [5.74, 6) is 0.171. The number of benzene rings is 1. The molecule has 0 unspecified atom stereocenters. The minimum Gasteiger partial charge on any atom is -0.292 e. The zero-order valence-electron chi connectivity index (χ0n) is 14.2. The Morgan fingerprint density at radius 3 is 2.04 bits per heavy atom. The maximum absolute atomic E-state index is 12.4. The molecule has 26 heavy (non-hydrogen) atoms. The average molecular weight is 463 g/mol. The predicted molar refractivity (Wildman–Crippen MR) is 102 cm³/mol. The van der Waals surface area contributed by atoms with Gasteiger partial charge in [-0.25, -0.2) is 21.8 Å². The second-order valence-corrected chi connectivity index (χ2v) is 9.69. The minimum absolute atomic E-state index is 0.0440. The Morgan fingerprint density at radius 2 is 1.54 bits per heavy atom. The molecular weight excluding hydrogens is 444 g/mol. The van der Waals surface area contributed by atoms with E-state index in [0.717, 1.165) is 4.47 Å². The smallest absolute Gasteiger partial charge is 0.257 e. The van der Waals surface area contributed by atoms with E-state index in [1.54, 1.807) is 26.0 Å². The van der Waals surface area contributed by atoms with E-state index < -0.39 is 20.0 Å². The largest absolute Gasteiger partial charge is 0.292 e. The van der Waals surface area contributed by atoms with Crippen LogP contribution in [-0.2, 0) is 20.0 Å². The first-order valence-electron chi connectivity index (χ1n) is 7.70. The maximum Gasteiger partial charge on any atom is 0.257 e. The fourth-order valence-electron chi connectivity index (χ4n) is 2.11. The molecule has 1 aromatic heterocycles. The van der Waals surface area contributed by atoms with Crippen LogP contribution in [0.2, 0.25) is 0 Å². The molecule has 0 saturated heterocycles. The van der Waals surface area contributed by atoms with Crippen molar-refractivity contribution in [1.29, 1.82) is 0 Å². The SMILES string of the molecule is CCN(CC)S(=O)(=O)c1ccc(NNS(=O)(=O)c2ccc(Br)cc2)nc1. The van der Waals surface area contributed by atoms with E-state index in [1.807, 2.05) is 0 Å². The highest BCUT2D eigenvalue weighted by Crippen LogP contribution is 2.17. The first kappa shape index (κ1) is 20.8. The lowest BCUT2D eigenvalue weighted by Gasteiger charge is -2.18. The molecule has 0 bridgehead atoms. The molecule has 1 heterocycles. The lowest BCUT2D eigenvalue weighted by molar-refractivity contribution is 0.445. The monoisotopic (exact) mass is 462 g/mol. The van der Waals surface area contributed by atoms with Crippen molar-refractivity contribution in [2.24, 2.45) is 0 Å². The van der Waals surface area contributed by atoms with Crippen LogP contribution in [0.1, 0.15) is 13.8 Å². The lowest BCUT2D eigenvalue weighted by Crippen LogP contribution is -2.31. The van der Waals surface area contributed by atoms with Crippen LogP contribution in [0.4, 0.5) is 5.82 Å². The zero-order chi connectivity index (χ0) is 19.4. The molecule has 0 radical (unpaired) electrons. The number of hydrogen-bond acceptors (Lipinski definition) is 6. The highest BCUT2D eigenvalue weighted by molar-refractivity contribution is 9.10. The third-order valence-electron chi connectivity index (χ3n) is 3.52. The van der Waals surface area contributed by atoms with Crippen LogP contribution < -0.4 is 10.3 Å². The molecule has 8 nitrogen and oxygen atoms in total. The van der Waals surface area contributed by atoms with E-state index in [1.165, 1.54) is 34.8 Å². The molecule has 2 rings (SSSR count). The third kappa shape index (κ3) is 4.80. The topological polar surface area (TPSA) is 108 Å². The summed E-state index contributed by atoms with van der Waals surface area (Å²) >= 11 is 3.24. The third-order valence-corrected chi connectivity index (χ3v) is 7.34. The molecule has 0 fully saturated rings. The van der Waals surface area contributed by atoms with Crippen molar-refractivity contribution < 1.29 is 16.8 Å². The Morgan fingerprint density at radius 1 is 0.962 bits per heavy atom. The van der Waals surface area contributed by atoms with Gasteiger partial charge in [0.2, 0.25) is 10.0 Å². The Kier molecular flexibility index (Phi) is 6.74. The minimum atomic E-state index is -3.78. The number of sulfonamides is 2. The van der Waals surface area contributed by atoms with Crippen molar-refractivity contribution in [3.05, 3.63) is 47.1 Å². The maximum atomic E-state index is 12.4. The van der Waals surface area contributed by atoms with E-state index in [4.69, 9.17) is 0 Å². The number of anilines is 1. The molecule has 0 aliphatic heterocycles. The highest BCUT2D eigenvalue weighted by atomic mass is 79.9. The van der Waals surface area contributed by atoms with Gasteiger partial charge in [-0.3, -0.25) is 5.43 Å². The normalized spacial score (nSPS) is 12.3. The molecule has 0 spiro atoms. The molecule has 11 heteroatoms. The van der Waals surface area contributed by atoms with E-state index in [0.29, 0.717) is 13.1 Å². The van der Waals surface area contributed by atoms with Crippen molar-refractivity contribution in [1.82, 2.24) is 14.1 Å². The van der Waals surface area contributed by atoms with Gasteiger partial charge in [-0.2, -0.15) is 4.31 Å². The summed E-state index contributed by atoms with van der Waals surface area (Å²) in [5.41, 5.74) is 2.46. The summed E-state index contributed by atoms with van der Waals surface area (Å²) in [4.78, 5) is 6.28. The van der Waals surface area contributed by atoms with Crippen LogP contribution in [-0.4, -0.2) is 39.2 Å². The van der Waals surface area contributed by atoms with Gasteiger partial charge in [0.15, 0.2) is 0 Å². The number of pyridine rings is 1. The molecular formula is C15H19BrN4O4S2. The molecule has 0 saturated carbocycles. The summed E-state index contributed by atoms with van der Waals surface area (Å²) in [6, 6.07) is 8.87. The van der Waals surface area contributed by atoms with Crippen molar-refractivity contribution in [2.75, 3.05) is 18.5 Å². The Bertz CT molecular complexity index is 942. The van der Waals surface area contributed by atoms with Gasteiger partial charge < -0.3 is 0 Å². The van der Waals surface area contributed by atoms with Crippen molar-refractivity contribution in [3.8, 4) is 0 Å². The second kappa shape index (κ2) is 8.44. The number of nitrogens with zero attached hydrogens (tertiary/aromatic N) is 2. The molecule has 0 atom stereocenters. The zero-order valence-corrected chi connectivity index (χ0v) is 17.4. The van der Waals surface area contributed by atoms with E-state index in [2.05, 4.69) is 31.2 Å². The molecule has 0 aliphatic rings. The van der Waals surface area contributed by atoms with Gasteiger partial charge in [-0.1, -0.05) is 29.8 Å². The van der Waals surface area contributed by atoms with Gasteiger partial charge in [0.05, 0.1) is 4.90 Å². The summed E-state index contributed by atoms with van der Waals surface area (Å²) in [7, 11) is -7.39. The van der Waals surface area contributed by atoms with Gasteiger partial charge in [-0.05, 0) is 36.4 Å². The van der Waals surface area contributed by atoms with Gasteiger partial charge in [0.25, 0.3) is 10.0 Å². The first-order valence-corrected chi connectivity index (χ1v) is 11.4. The molecule has 0 aliphatic carbocycles. The Balaban J connectivity index is 2.11. The molecule has 2 N–H and O–H groups in total. The number of halogens is 1. The summed E-state index contributed by atoms with van der Waals surface area (Å²) in [6.45, 7) is 4.21. The van der Waals surface area contributed by atoms with Crippen molar-refractivity contribution in [2.45, 2.75) is 23.6 Å². The van der Waals surface area contributed by atoms with Crippen LogP contribution in [0.25, 0.3) is 0 Å². The fraction of sp³-hybridized carbons (Fsp3) is 0.267. The van der Waals surface area contributed by atoms with E-state index in [9.17, 15) is 16.8 Å². The lowest BCUT2D eigenvalue weighted by atomic mass is 10.4. The number of aromatic nitrogens is 1. The quantitative estimate of drug-likeness (QED) is 0.581. The Hall–Kier alpha value is -1.53. The van der Waals surface area contributed by atoms with Gasteiger partial charge >= 0.3 is 0 Å². The molecule has 2 aromatic rings. The van der Waals surface area contributed by atoms with Crippen LogP contribution >= 0.6 is 15.9 Å². The number of rotatable bonds is 8. The van der Waals surface area contributed by atoms with Gasteiger partial charge in [-0.15, -0.1) is 4.83 Å². The highest BCUT2D eigenvalue weighted by Gasteiger charge is 2.22. The van der Waals surface area contributed by atoms with Crippen molar-refractivity contribution in [3.63, 3.8) is 0 Å². The van der Waals surface area contributed by atoms with Crippen LogP contribution in [0.5, 0.6) is 0 Å². The summed E-state index contributed by atoms with van der Waals surface area (Å²) in [5, 5.41) is 0. The first-order chi connectivity index (χ1) is 12.2. The number of nitrogens with one attached hydrogen (secondary N) is 2. The van der Waals surface area contributed by atoms with Gasteiger partial charge in [0, 0.05) is 23.8 Å². The van der Waals surface area contributed by atoms with Crippen LogP contribution in [0.3, 0.4) is 0 Å². The number of hydrogen-bond donors (Lipinski definition) is 2. The van der Waals surface area contributed by atoms with E-state index in [-0.39, 0.29) is 15.6 Å². The second-order valence-electron chi connectivity index (χ2n) is 5.15. The molecule has 0 amide bonds. The van der Waals surface area contributed by atoms with Crippen LogP contribution in [0, 0.1) is 0 Å².